The number of carbonyl (C=O) groups is 1. The number of nitrogens with zero attached hydrogens (tertiary/aromatic N) is 2. The molecule has 6 heteroatoms. The van der Waals surface area contributed by atoms with Gasteiger partial charge in [-0.25, -0.2) is 4.39 Å². The minimum atomic E-state index is -0.231. The Kier molecular flexibility index (Phi) is 6.71. The van der Waals surface area contributed by atoms with Crippen LogP contribution in [-0.2, 0) is 11.2 Å². The maximum Gasteiger partial charge on any atom is 0.224 e. The van der Waals surface area contributed by atoms with E-state index in [1.165, 1.54) is 28.9 Å². The average Bonchev–Trinajstić information content (AvgIpc) is 3.45. The quantitative estimate of drug-likeness (QED) is 0.526. The van der Waals surface area contributed by atoms with Crippen LogP contribution in [0.5, 0.6) is 0 Å². The molecule has 1 amide bonds. The van der Waals surface area contributed by atoms with Gasteiger partial charge in [0.1, 0.15) is 5.82 Å². The van der Waals surface area contributed by atoms with Crippen LogP contribution >= 0.6 is 0 Å². The van der Waals surface area contributed by atoms with Crippen molar-refractivity contribution in [2.24, 2.45) is 11.8 Å². The number of nitrogens with one attached hydrogen (secondary N) is 2. The second kappa shape index (κ2) is 10.1. The minimum Gasteiger partial charge on any atom is -0.353 e. The van der Waals surface area contributed by atoms with Crippen molar-refractivity contribution < 1.29 is 9.18 Å². The van der Waals surface area contributed by atoms with Crippen molar-refractivity contribution in [1.29, 1.82) is 0 Å². The Balaban J connectivity index is 1.31. The summed E-state index contributed by atoms with van der Waals surface area (Å²) in [7, 11) is 0. The molecule has 2 aliphatic carbocycles. The van der Waals surface area contributed by atoms with Crippen LogP contribution < -0.4 is 15.8 Å². The molecule has 0 radical (unpaired) electrons. The number of rotatable bonds is 8. The molecule has 1 aromatic carbocycles. The lowest BCUT2D eigenvalue weighted by molar-refractivity contribution is -0.121. The van der Waals surface area contributed by atoms with Gasteiger partial charge in [0, 0.05) is 36.1 Å². The second-order valence-corrected chi connectivity index (χ2v) is 9.83. The molecular formula is C29H33FN4O. The average molecular weight is 473 g/mol. The number of anilines is 1. The smallest absolute Gasteiger partial charge is 0.224 e. The lowest BCUT2D eigenvalue weighted by Gasteiger charge is -2.31. The number of halogens is 1. The monoisotopic (exact) mass is 472 g/mol. The predicted octanol–water partition coefficient (Wildman–Crippen LogP) is 5.59. The van der Waals surface area contributed by atoms with E-state index in [0.717, 1.165) is 49.1 Å². The minimum absolute atomic E-state index is 0.0818. The molecule has 5 rings (SSSR count). The first-order valence-electron chi connectivity index (χ1n) is 12.7. The van der Waals surface area contributed by atoms with Crippen LogP contribution in [-0.4, -0.2) is 16.9 Å². The first-order valence-corrected chi connectivity index (χ1v) is 12.7. The number of benzene rings is 1. The molecule has 1 unspecified atom stereocenters. The standard InChI is InChI=1S/C29H33FN4O/c1-3-4-24(33-28(35)15-20-11-13-31-14-12-20)16-21-5-6-22-17-27-26(19(2)29(21)22)18-32-34(27)25-9-7-23(30)8-10-25/h7-14,17-19,21,24,32H,3-6,15-16H2,1-2H3,(H,33,35)/t19-,21+,24?/m0/s1. The Bertz CT molecular complexity index is 1170. The molecule has 2 heterocycles. The molecule has 5 nitrogen and oxygen atoms in total. The van der Waals surface area contributed by atoms with Crippen molar-refractivity contribution in [1.82, 2.24) is 15.7 Å². The van der Waals surface area contributed by atoms with Crippen LogP contribution in [0, 0.1) is 17.7 Å². The van der Waals surface area contributed by atoms with Crippen LogP contribution in [0.15, 0.2) is 83.5 Å². The topological polar surface area (TPSA) is 57.3 Å². The van der Waals surface area contributed by atoms with Gasteiger partial charge in [-0.2, -0.15) is 0 Å². The largest absolute Gasteiger partial charge is 0.353 e. The summed E-state index contributed by atoms with van der Waals surface area (Å²) in [6.45, 7) is 4.47. The van der Waals surface area contributed by atoms with E-state index in [4.69, 9.17) is 0 Å². The molecule has 0 saturated carbocycles. The molecule has 2 aromatic rings. The molecule has 0 fully saturated rings. The van der Waals surface area contributed by atoms with Gasteiger partial charge >= 0.3 is 0 Å². The zero-order valence-electron chi connectivity index (χ0n) is 20.4. The highest BCUT2D eigenvalue weighted by molar-refractivity contribution is 5.78. The van der Waals surface area contributed by atoms with Gasteiger partial charge in [-0.3, -0.25) is 14.8 Å². The van der Waals surface area contributed by atoms with E-state index in [1.807, 2.05) is 17.1 Å². The van der Waals surface area contributed by atoms with Gasteiger partial charge in [0.2, 0.25) is 5.91 Å². The molecule has 0 saturated heterocycles. The van der Waals surface area contributed by atoms with Gasteiger partial charge in [0.25, 0.3) is 0 Å². The number of hydrazine groups is 1. The van der Waals surface area contributed by atoms with Crippen LogP contribution in [0.1, 0.15) is 51.5 Å². The number of carbonyl (C=O) groups excluding carboxylic acids is 1. The highest BCUT2D eigenvalue weighted by atomic mass is 19.1. The van der Waals surface area contributed by atoms with Crippen LogP contribution in [0.2, 0.25) is 0 Å². The SMILES string of the molecule is CCCC(C[C@H]1CCC2=C1[C@@H](C)C1=CNN(c3ccc(F)cc3)C1=C2)NC(=O)Cc1ccncc1. The lowest BCUT2D eigenvalue weighted by atomic mass is 9.78. The van der Waals surface area contributed by atoms with E-state index in [0.29, 0.717) is 18.3 Å². The fraction of sp³-hybridized carbons (Fsp3) is 0.379. The number of amides is 1. The summed E-state index contributed by atoms with van der Waals surface area (Å²) in [4.78, 5) is 16.8. The normalized spacial score (nSPS) is 21.6. The summed E-state index contributed by atoms with van der Waals surface area (Å²) in [6.07, 6.45) is 13.4. The van der Waals surface area contributed by atoms with Crippen LogP contribution in [0.25, 0.3) is 0 Å². The van der Waals surface area contributed by atoms with Gasteiger partial charge in [-0.05, 0) is 85.2 Å². The van der Waals surface area contributed by atoms with E-state index < -0.39 is 0 Å². The summed E-state index contributed by atoms with van der Waals surface area (Å²) < 4.78 is 13.4. The van der Waals surface area contributed by atoms with Gasteiger partial charge < -0.3 is 10.7 Å². The van der Waals surface area contributed by atoms with Gasteiger partial charge in [-0.1, -0.05) is 25.8 Å². The van der Waals surface area contributed by atoms with Crippen molar-refractivity contribution in [3.63, 3.8) is 0 Å². The molecule has 3 atom stereocenters. The first kappa shape index (κ1) is 23.3. The third-order valence-electron chi connectivity index (χ3n) is 7.47. The Morgan fingerprint density at radius 2 is 2.00 bits per heavy atom. The van der Waals surface area contributed by atoms with Gasteiger partial charge in [0.15, 0.2) is 0 Å². The fourth-order valence-electron chi connectivity index (χ4n) is 5.87. The third kappa shape index (κ3) is 4.88. The van der Waals surface area contributed by atoms with Crippen molar-refractivity contribution in [2.75, 3.05) is 5.01 Å². The van der Waals surface area contributed by atoms with E-state index in [2.05, 4.69) is 41.9 Å². The van der Waals surface area contributed by atoms with Crippen molar-refractivity contribution in [3.8, 4) is 0 Å². The summed E-state index contributed by atoms with van der Waals surface area (Å²) in [5.41, 5.74) is 10.7. The van der Waals surface area contributed by atoms with Gasteiger partial charge in [0.05, 0.1) is 17.8 Å². The predicted molar refractivity (Wildman–Crippen MR) is 136 cm³/mol. The Morgan fingerprint density at radius 3 is 2.74 bits per heavy atom. The maximum atomic E-state index is 13.4. The van der Waals surface area contributed by atoms with Crippen molar-refractivity contribution >= 4 is 11.6 Å². The van der Waals surface area contributed by atoms with Gasteiger partial charge in [-0.15, -0.1) is 0 Å². The molecule has 1 aliphatic heterocycles. The molecule has 3 aliphatic rings. The number of hydrogen-bond donors (Lipinski definition) is 2. The highest BCUT2D eigenvalue weighted by Gasteiger charge is 2.38. The number of hydrogen-bond acceptors (Lipinski definition) is 4. The summed E-state index contributed by atoms with van der Waals surface area (Å²) in [6, 6.07) is 10.6. The summed E-state index contributed by atoms with van der Waals surface area (Å²) in [5, 5.41) is 5.36. The zero-order valence-corrected chi connectivity index (χ0v) is 20.4. The fourth-order valence-corrected chi connectivity index (χ4v) is 5.87. The molecule has 2 N–H and O–H groups in total. The highest BCUT2D eigenvalue weighted by Crippen LogP contribution is 2.49. The van der Waals surface area contributed by atoms with Crippen molar-refractivity contribution in [2.45, 2.75) is 58.4 Å². The number of allylic oxidation sites excluding steroid dienone is 4. The lowest BCUT2D eigenvalue weighted by Crippen LogP contribution is -2.37. The Labute approximate surface area is 206 Å². The maximum absolute atomic E-state index is 13.4. The summed E-state index contributed by atoms with van der Waals surface area (Å²) in [5.74, 6) is 0.630. The van der Waals surface area contributed by atoms with E-state index in [-0.39, 0.29) is 17.8 Å². The number of fused-ring (bicyclic) bond motifs is 1. The molecule has 1 aromatic heterocycles. The Morgan fingerprint density at radius 1 is 1.23 bits per heavy atom. The molecule has 35 heavy (non-hydrogen) atoms. The zero-order chi connectivity index (χ0) is 24.4. The van der Waals surface area contributed by atoms with E-state index in [9.17, 15) is 9.18 Å². The molecule has 0 bridgehead atoms. The van der Waals surface area contributed by atoms with Crippen LogP contribution in [0.4, 0.5) is 10.1 Å². The molecule has 182 valence electrons. The van der Waals surface area contributed by atoms with Crippen molar-refractivity contribution in [3.05, 3.63) is 94.9 Å². The summed E-state index contributed by atoms with van der Waals surface area (Å²) >= 11 is 0. The first-order chi connectivity index (χ1) is 17.0. The number of pyridine rings is 1. The van der Waals surface area contributed by atoms with Crippen LogP contribution in [0.3, 0.4) is 0 Å². The number of aromatic nitrogens is 1. The molecular weight excluding hydrogens is 439 g/mol. The van der Waals surface area contributed by atoms with E-state index >= 15 is 0 Å². The Hall–Kier alpha value is -3.41. The third-order valence-corrected chi connectivity index (χ3v) is 7.47. The van der Waals surface area contributed by atoms with E-state index in [1.54, 1.807) is 24.5 Å². The second-order valence-electron chi connectivity index (χ2n) is 9.83. The molecule has 0 spiro atoms.